The van der Waals surface area contributed by atoms with Crippen LogP contribution in [0.1, 0.15) is 21.5 Å². The number of rotatable bonds is 6. The number of fused-ring (bicyclic) bond motifs is 1. The summed E-state index contributed by atoms with van der Waals surface area (Å²) < 4.78 is 0. The predicted octanol–water partition coefficient (Wildman–Crippen LogP) is 4.54. The second-order valence-corrected chi connectivity index (χ2v) is 6.41. The monoisotopic (exact) mass is 368 g/mol. The van der Waals surface area contributed by atoms with E-state index in [4.69, 9.17) is 0 Å². The Morgan fingerprint density at radius 2 is 1.68 bits per heavy atom. The van der Waals surface area contributed by atoms with E-state index >= 15 is 0 Å². The third-order valence-electron chi connectivity index (χ3n) is 4.48. The summed E-state index contributed by atoms with van der Waals surface area (Å²) in [7, 11) is 0. The van der Waals surface area contributed by atoms with Crippen LogP contribution in [0.5, 0.6) is 0 Å². The molecule has 0 aliphatic carbocycles. The number of anilines is 1. The summed E-state index contributed by atoms with van der Waals surface area (Å²) in [6.07, 6.45) is 3.51. The fourth-order valence-electron chi connectivity index (χ4n) is 2.97. The van der Waals surface area contributed by atoms with Crippen molar-refractivity contribution in [1.82, 2.24) is 10.4 Å². The van der Waals surface area contributed by atoms with Crippen molar-refractivity contribution in [3.8, 4) is 0 Å². The molecule has 28 heavy (non-hydrogen) atoms. The van der Waals surface area contributed by atoms with Crippen LogP contribution in [0.3, 0.4) is 0 Å². The molecule has 0 saturated carbocycles. The van der Waals surface area contributed by atoms with Crippen LogP contribution in [0.4, 0.5) is 5.69 Å². The molecule has 3 aromatic carbocycles. The lowest BCUT2D eigenvalue weighted by Crippen LogP contribution is -2.17. The van der Waals surface area contributed by atoms with Crippen LogP contribution in [-0.2, 0) is 6.54 Å². The molecule has 0 unspecified atom stereocenters. The summed E-state index contributed by atoms with van der Waals surface area (Å²) >= 11 is 0. The number of aromatic nitrogens is 1. The number of amides is 1. The minimum atomic E-state index is -0.245. The van der Waals surface area contributed by atoms with Crippen LogP contribution in [0, 0.1) is 0 Å². The van der Waals surface area contributed by atoms with E-state index in [-0.39, 0.29) is 5.91 Å². The first kappa shape index (κ1) is 17.5. The minimum Gasteiger partial charge on any atom is -0.381 e. The Bertz CT molecular complexity index is 1100. The van der Waals surface area contributed by atoms with Crippen molar-refractivity contribution in [2.75, 3.05) is 5.32 Å². The molecule has 0 bridgehead atoms. The van der Waals surface area contributed by atoms with Crippen LogP contribution in [0.2, 0.25) is 0 Å². The third-order valence-corrected chi connectivity index (χ3v) is 4.48. The summed E-state index contributed by atoms with van der Waals surface area (Å²) in [5.41, 5.74) is 7.26. The second kappa shape index (κ2) is 8.22. The van der Waals surface area contributed by atoms with Gasteiger partial charge in [-0.05, 0) is 35.9 Å². The fraction of sp³-hybridized carbons (Fsp3) is 0.0435. The quantitative estimate of drug-likeness (QED) is 0.345. The molecule has 3 N–H and O–H groups in total. The maximum atomic E-state index is 12.3. The van der Waals surface area contributed by atoms with Crippen molar-refractivity contribution in [2.45, 2.75) is 6.54 Å². The second-order valence-electron chi connectivity index (χ2n) is 6.41. The summed E-state index contributed by atoms with van der Waals surface area (Å²) in [5.74, 6) is -0.245. The summed E-state index contributed by atoms with van der Waals surface area (Å²) in [6.45, 7) is 0.737. The van der Waals surface area contributed by atoms with Gasteiger partial charge < -0.3 is 10.3 Å². The number of para-hydroxylation sites is 1. The van der Waals surface area contributed by atoms with Gasteiger partial charge in [-0.1, -0.05) is 48.5 Å². The molecule has 0 aliphatic heterocycles. The molecule has 0 aliphatic rings. The number of hydrogen-bond acceptors (Lipinski definition) is 3. The fourth-order valence-corrected chi connectivity index (χ4v) is 2.97. The van der Waals surface area contributed by atoms with Crippen LogP contribution >= 0.6 is 0 Å². The zero-order valence-corrected chi connectivity index (χ0v) is 15.2. The Morgan fingerprint density at radius 3 is 2.50 bits per heavy atom. The van der Waals surface area contributed by atoms with Crippen LogP contribution in [-0.4, -0.2) is 17.1 Å². The molecule has 0 atom stereocenters. The number of hydrazone groups is 1. The van der Waals surface area contributed by atoms with Crippen molar-refractivity contribution >= 4 is 28.7 Å². The Morgan fingerprint density at radius 1 is 0.929 bits per heavy atom. The highest BCUT2D eigenvalue weighted by Gasteiger charge is 2.05. The first-order valence-corrected chi connectivity index (χ1v) is 9.07. The predicted molar refractivity (Wildman–Crippen MR) is 114 cm³/mol. The number of carbonyl (C=O) groups is 1. The molecular weight excluding hydrogens is 348 g/mol. The molecule has 0 fully saturated rings. The number of aromatic amines is 1. The van der Waals surface area contributed by atoms with Crippen LogP contribution in [0.25, 0.3) is 10.9 Å². The van der Waals surface area contributed by atoms with Gasteiger partial charge in [-0.25, -0.2) is 5.43 Å². The molecule has 0 radical (unpaired) electrons. The number of H-pyrrole nitrogens is 1. The van der Waals surface area contributed by atoms with Gasteiger partial charge in [0.05, 0.1) is 6.21 Å². The lowest BCUT2D eigenvalue weighted by atomic mass is 10.2. The molecule has 5 heteroatoms. The smallest absolute Gasteiger partial charge is 0.271 e. The molecule has 1 amide bonds. The third kappa shape index (κ3) is 4.10. The van der Waals surface area contributed by atoms with Crippen molar-refractivity contribution in [2.24, 2.45) is 5.10 Å². The minimum absolute atomic E-state index is 0.245. The van der Waals surface area contributed by atoms with Gasteiger partial charge in [0.25, 0.3) is 5.91 Å². The normalized spacial score (nSPS) is 11.0. The molecular formula is C23H20N4O. The van der Waals surface area contributed by atoms with Gasteiger partial charge >= 0.3 is 0 Å². The summed E-state index contributed by atoms with van der Waals surface area (Å²) in [6, 6.07) is 25.5. The zero-order valence-electron chi connectivity index (χ0n) is 15.2. The molecule has 4 rings (SSSR count). The molecule has 1 aromatic heterocycles. The number of carbonyl (C=O) groups excluding carboxylic acids is 1. The summed E-state index contributed by atoms with van der Waals surface area (Å²) in [4.78, 5) is 15.5. The van der Waals surface area contributed by atoms with E-state index in [0.717, 1.165) is 28.7 Å². The van der Waals surface area contributed by atoms with E-state index in [1.165, 1.54) is 5.56 Å². The van der Waals surface area contributed by atoms with Gasteiger partial charge in [-0.2, -0.15) is 5.10 Å². The maximum Gasteiger partial charge on any atom is 0.271 e. The average molecular weight is 368 g/mol. The van der Waals surface area contributed by atoms with Gasteiger partial charge in [0.2, 0.25) is 0 Å². The van der Waals surface area contributed by atoms with E-state index < -0.39 is 0 Å². The molecule has 138 valence electrons. The molecule has 5 nitrogen and oxygen atoms in total. The molecule has 1 heterocycles. The van der Waals surface area contributed by atoms with Gasteiger partial charge in [0.15, 0.2) is 0 Å². The van der Waals surface area contributed by atoms with Crippen LogP contribution < -0.4 is 10.7 Å². The SMILES string of the molecule is O=C(N/N=C\c1c[nH]c2ccccc12)c1ccc(NCc2ccccc2)cc1. The zero-order chi connectivity index (χ0) is 19.2. The highest BCUT2D eigenvalue weighted by molar-refractivity contribution is 6.00. The molecule has 0 saturated heterocycles. The average Bonchev–Trinajstić information content (AvgIpc) is 3.16. The Hall–Kier alpha value is -3.86. The number of benzene rings is 3. The van der Waals surface area contributed by atoms with E-state index in [2.05, 4.69) is 33.0 Å². The van der Waals surface area contributed by atoms with E-state index in [0.29, 0.717) is 5.56 Å². The standard InChI is InChI=1S/C23H20N4O/c28-23(27-26-16-19-15-25-22-9-5-4-8-21(19)22)18-10-12-20(13-11-18)24-14-17-6-2-1-3-7-17/h1-13,15-16,24-25H,14H2,(H,27,28)/b26-16-. The van der Waals surface area contributed by atoms with E-state index in [1.54, 1.807) is 18.3 Å². The van der Waals surface area contributed by atoms with E-state index in [1.807, 2.05) is 60.8 Å². The van der Waals surface area contributed by atoms with Crippen molar-refractivity contribution in [3.05, 3.63) is 102 Å². The Labute approximate surface area is 163 Å². The van der Waals surface area contributed by atoms with Gasteiger partial charge in [-0.3, -0.25) is 4.79 Å². The summed E-state index contributed by atoms with van der Waals surface area (Å²) in [5, 5.41) is 8.48. The Balaban J connectivity index is 1.34. The topological polar surface area (TPSA) is 69.3 Å². The highest BCUT2D eigenvalue weighted by Crippen LogP contribution is 2.15. The maximum absolute atomic E-state index is 12.3. The lowest BCUT2D eigenvalue weighted by Gasteiger charge is -2.07. The van der Waals surface area contributed by atoms with E-state index in [9.17, 15) is 4.79 Å². The lowest BCUT2D eigenvalue weighted by molar-refractivity contribution is 0.0955. The molecule has 0 spiro atoms. The first-order chi connectivity index (χ1) is 13.8. The molecule has 4 aromatic rings. The highest BCUT2D eigenvalue weighted by atomic mass is 16.2. The number of hydrogen-bond donors (Lipinski definition) is 3. The largest absolute Gasteiger partial charge is 0.381 e. The number of nitrogens with one attached hydrogen (secondary N) is 3. The first-order valence-electron chi connectivity index (χ1n) is 9.07. The van der Waals surface area contributed by atoms with Gasteiger partial charge in [-0.15, -0.1) is 0 Å². The van der Waals surface area contributed by atoms with Crippen molar-refractivity contribution in [3.63, 3.8) is 0 Å². The van der Waals surface area contributed by atoms with Crippen LogP contribution in [0.15, 0.2) is 90.2 Å². The van der Waals surface area contributed by atoms with Crippen molar-refractivity contribution < 1.29 is 4.79 Å². The van der Waals surface area contributed by atoms with Crippen molar-refractivity contribution in [1.29, 1.82) is 0 Å². The van der Waals surface area contributed by atoms with Gasteiger partial charge in [0.1, 0.15) is 0 Å². The Kier molecular flexibility index (Phi) is 5.15. The van der Waals surface area contributed by atoms with Gasteiger partial charge in [0, 0.05) is 40.5 Å². The number of nitrogens with zero attached hydrogens (tertiary/aromatic N) is 1.